The SMILES string of the molecule is C=CCN1C(=O)NC(c2c(F)cccc2Cl)C(C(=O)OC)=C1C. The lowest BCUT2D eigenvalue weighted by atomic mass is 9.94. The van der Waals surface area contributed by atoms with Crippen molar-refractivity contribution in [3.05, 3.63) is 58.5 Å². The summed E-state index contributed by atoms with van der Waals surface area (Å²) in [6.45, 7) is 5.38. The molecule has 0 radical (unpaired) electrons. The van der Waals surface area contributed by atoms with Gasteiger partial charge in [-0.3, -0.25) is 4.90 Å². The van der Waals surface area contributed by atoms with Gasteiger partial charge in [-0.1, -0.05) is 23.7 Å². The van der Waals surface area contributed by atoms with Gasteiger partial charge in [-0.15, -0.1) is 6.58 Å². The summed E-state index contributed by atoms with van der Waals surface area (Å²) in [4.78, 5) is 25.8. The molecule has 1 unspecified atom stereocenters. The van der Waals surface area contributed by atoms with E-state index in [4.69, 9.17) is 16.3 Å². The smallest absolute Gasteiger partial charge is 0.337 e. The molecule has 1 aromatic carbocycles. The lowest BCUT2D eigenvalue weighted by molar-refractivity contribution is -0.136. The van der Waals surface area contributed by atoms with Gasteiger partial charge in [-0.05, 0) is 19.1 Å². The van der Waals surface area contributed by atoms with E-state index >= 15 is 0 Å². The van der Waals surface area contributed by atoms with Gasteiger partial charge in [-0.2, -0.15) is 0 Å². The molecule has 1 aromatic rings. The Morgan fingerprint density at radius 1 is 1.57 bits per heavy atom. The van der Waals surface area contributed by atoms with E-state index in [-0.39, 0.29) is 22.7 Å². The molecule has 1 aliphatic rings. The van der Waals surface area contributed by atoms with Gasteiger partial charge in [0.15, 0.2) is 0 Å². The number of hydrogen-bond acceptors (Lipinski definition) is 3. The lowest BCUT2D eigenvalue weighted by Gasteiger charge is -2.35. The number of methoxy groups -OCH3 is 1. The second kappa shape index (κ2) is 6.83. The Hall–Kier alpha value is -2.34. The average molecular weight is 339 g/mol. The Bertz CT molecular complexity index is 682. The van der Waals surface area contributed by atoms with Crippen molar-refractivity contribution in [2.45, 2.75) is 13.0 Å². The van der Waals surface area contributed by atoms with Crippen LogP contribution >= 0.6 is 11.6 Å². The minimum Gasteiger partial charge on any atom is -0.466 e. The summed E-state index contributed by atoms with van der Waals surface area (Å²) >= 11 is 6.07. The van der Waals surface area contributed by atoms with Crippen LogP contribution in [0, 0.1) is 5.82 Å². The zero-order chi connectivity index (χ0) is 17.1. The van der Waals surface area contributed by atoms with Gasteiger partial charge in [0.2, 0.25) is 0 Å². The highest BCUT2D eigenvalue weighted by Crippen LogP contribution is 2.36. The van der Waals surface area contributed by atoms with Gasteiger partial charge < -0.3 is 10.1 Å². The monoisotopic (exact) mass is 338 g/mol. The number of ether oxygens (including phenoxy) is 1. The predicted octanol–water partition coefficient (Wildman–Crippen LogP) is 3.18. The molecule has 1 heterocycles. The fourth-order valence-corrected chi connectivity index (χ4v) is 2.78. The molecule has 1 atom stereocenters. The van der Waals surface area contributed by atoms with Crippen LogP contribution in [0.25, 0.3) is 0 Å². The third-order valence-electron chi connectivity index (χ3n) is 3.60. The van der Waals surface area contributed by atoms with E-state index in [1.165, 1.54) is 36.3 Å². The highest BCUT2D eigenvalue weighted by molar-refractivity contribution is 6.31. The molecule has 1 N–H and O–H groups in total. The first-order valence-electron chi connectivity index (χ1n) is 6.84. The Morgan fingerprint density at radius 2 is 2.26 bits per heavy atom. The van der Waals surface area contributed by atoms with Crippen LogP contribution in [0.5, 0.6) is 0 Å². The number of allylic oxidation sites excluding steroid dienone is 1. The number of halogens is 2. The van der Waals surface area contributed by atoms with Crippen LogP contribution in [0.2, 0.25) is 5.02 Å². The summed E-state index contributed by atoms with van der Waals surface area (Å²) in [5.41, 5.74) is 0.520. The highest BCUT2D eigenvalue weighted by Gasteiger charge is 2.37. The maximum absolute atomic E-state index is 14.2. The first-order chi connectivity index (χ1) is 10.9. The van der Waals surface area contributed by atoms with Crippen molar-refractivity contribution < 1.29 is 18.7 Å². The third-order valence-corrected chi connectivity index (χ3v) is 3.93. The van der Waals surface area contributed by atoms with Crippen LogP contribution in [-0.2, 0) is 9.53 Å². The quantitative estimate of drug-likeness (QED) is 0.677. The van der Waals surface area contributed by atoms with Crippen LogP contribution < -0.4 is 5.32 Å². The Morgan fingerprint density at radius 3 is 2.83 bits per heavy atom. The largest absolute Gasteiger partial charge is 0.466 e. The molecule has 122 valence electrons. The van der Waals surface area contributed by atoms with Crippen LogP contribution in [-0.4, -0.2) is 30.6 Å². The number of amides is 2. The number of rotatable bonds is 4. The number of benzene rings is 1. The van der Waals surface area contributed by atoms with Gasteiger partial charge in [-0.25, -0.2) is 14.0 Å². The maximum Gasteiger partial charge on any atom is 0.337 e. The number of urea groups is 1. The molecule has 5 nitrogen and oxygen atoms in total. The van der Waals surface area contributed by atoms with E-state index in [2.05, 4.69) is 11.9 Å². The van der Waals surface area contributed by atoms with Crippen LogP contribution in [0.1, 0.15) is 18.5 Å². The number of carbonyl (C=O) groups excluding carboxylic acids is 2. The fraction of sp³-hybridized carbons (Fsp3) is 0.250. The van der Waals surface area contributed by atoms with Crippen molar-refractivity contribution >= 4 is 23.6 Å². The number of hydrogen-bond donors (Lipinski definition) is 1. The van der Waals surface area contributed by atoms with Crippen LogP contribution in [0.4, 0.5) is 9.18 Å². The molecular weight excluding hydrogens is 323 g/mol. The van der Waals surface area contributed by atoms with Gasteiger partial charge in [0, 0.05) is 22.8 Å². The predicted molar refractivity (Wildman–Crippen MR) is 84.3 cm³/mol. The van der Waals surface area contributed by atoms with Crippen molar-refractivity contribution in [3.63, 3.8) is 0 Å². The highest BCUT2D eigenvalue weighted by atomic mass is 35.5. The molecule has 0 fully saturated rings. The molecule has 0 saturated heterocycles. The van der Waals surface area contributed by atoms with E-state index in [9.17, 15) is 14.0 Å². The molecule has 0 aliphatic carbocycles. The minimum absolute atomic E-state index is 0.0283. The molecule has 0 aromatic heterocycles. The second-order valence-corrected chi connectivity index (χ2v) is 5.31. The van der Waals surface area contributed by atoms with Gasteiger partial charge in [0.05, 0.1) is 18.7 Å². The zero-order valence-electron chi connectivity index (χ0n) is 12.7. The molecule has 0 saturated carbocycles. The molecule has 0 spiro atoms. The summed E-state index contributed by atoms with van der Waals surface area (Å²) < 4.78 is 19.0. The summed E-state index contributed by atoms with van der Waals surface area (Å²) in [7, 11) is 1.22. The molecule has 1 aliphatic heterocycles. The summed E-state index contributed by atoms with van der Waals surface area (Å²) in [6, 6.07) is 2.66. The molecule has 23 heavy (non-hydrogen) atoms. The van der Waals surface area contributed by atoms with Gasteiger partial charge in [0.25, 0.3) is 0 Å². The first kappa shape index (κ1) is 17.0. The zero-order valence-corrected chi connectivity index (χ0v) is 13.5. The van der Waals surface area contributed by atoms with E-state index in [1.807, 2.05) is 0 Å². The Kier molecular flexibility index (Phi) is 5.05. The van der Waals surface area contributed by atoms with Crippen molar-refractivity contribution in [2.75, 3.05) is 13.7 Å². The van der Waals surface area contributed by atoms with Crippen LogP contribution in [0.15, 0.2) is 42.1 Å². The van der Waals surface area contributed by atoms with E-state index < -0.39 is 23.9 Å². The summed E-state index contributed by atoms with van der Waals surface area (Å²) in [5.74, 6) is -1.28. The van der Waals surface area contributed by atoms with E-state index in [1.54, 1.807) is 6.92 Å². The maximum atomic E-state index is 14.2. The standard InChI is InChI=1S/C16H16ClFN2O3/c1-4-8-20-9(2)12(15(21)23-3)14(19-16(20)22)13-10(17)6-5-7-11(13)18/h4-7,14H,1,8H2,2-3H3,(H,19,22). The molecule has 0 bridgehead atoms. The third kappa shape index (κ3) is 3.07. The Labute approximate surface area is 138 Å². The second-order valence-electron chi connectivity index (χ2n) is 4.91. The van der Waals surface area contributed by atoms with Crippen LogP contribution in [0.3, 0.4) is 0 Å². The number of esters is 1. The lowest BCUT2D eigenvalue weighted by Crippen LogP contribution is -2.48. The summed E-state index contributed by atoms with van der Waals surface area (Å²) in [5, 5.41) is 2.71. The van der Waals surface area contributed by atoms with Gasteiger partial charge >= 0.3 is 12.0 Å². The van der Waals surface area contributed by atoms with Crippen molar-refractivity contribution in [1.82, 2.24) is 10.2 Å². The van der Waals surface area contributed by atoms with E-state index in [0.29, 0.717) is 5.70 Å². The topological polar surface area (TPSA) is 58.6 Å². The normalized spacial score (nSPS) is 17.8. The number of carbonyl (C=O) groups is 2. The first-order valence-corrected chi connectivity index (χ1v) is 7.22. The molecule has 7 heteroatoms. The Balaban J connectivity index is 2.65. The van der Waals surface area contributed by atoms with Crippen molar-refractivity contribution in [3.8, 4) is 0 Å². The van der Waals surface area contributed by atoms with E-state index in [0.717, 1.165) is 0 Å². The fourth-order valence-electron chi connectivity index (χ4n) is 2.51. The average Bonchev–Trinajstić information content (AvgIpc) is 2.50. The molecule has 2 rings (SSSR count). The number of nitrogens with zero attached hydrogens (tertiary/aromatic N) is 1. The van der Waals surface area contributed by atoms with Crippen molar-refractivity contribution in [1.29, 1.82) is 0 Å². The van der Waals surface area contributed by atoms with Gasteiger partial charge in [0.1, 0.15) is 5.82 Å². The minimum atomic E-state index is -1.02. The molecule has 2 amide bonds. The summed E-state index contributed by atoms with van der Waals surface area (Å²) in [6.07, 6.45) is 1.52. The molecular formula is C16H16ClFN2O3. The number of nitrogens with one attached hydrogen (secondary N) is 1. The van der Waals surface area contributed by atoms with Crippen molar-refractivity contribution in [2.24, 2.45) is 0 Å².